The fourth-order valence-electron chi connectivity index (χ4n) is 1.75. The van der Waals surface area contributed by atoms with Crippen LogP contribution in [0.25, 0.3) is 10.9 Å². The molecule has 0 fully saturated rings. The minimum atomic E-state index is -0.0640. The smallest absolute Gasteiger partial charge is 0.189 e. The first-order valence-corrected chi connectivity index (χ1v) is 6.21. The van der Waals surface area contributed by atoms with Crippen LogP contribution < -0.4 is 5.43 Å². The monoisotopic (exact) mass is 273 g/mol. The Hall–Kier alpha value is -3.37. The second-order valence-corrected chi connectivity index (χ2v) is 4.19. The summed E-state index contributed by atoms with van der Waals surface area (Å²) in [4.78, 5) is 14.3. The van der Waals surface area contributed by atoms with Crippen molar-refractivity contribution < 1.29 is 0 Å². The molecule has 1 heterocycles. The summed E-state index contributed by atoms with van der Waals surface area (Å²) in [6.45, 7) is 0. The van der Waals surface area contributed by atoms with Gasteiger partial charge in [0.15, 0.2) is 5.43 Å². The van der Waals surface area contributed by atoms with Crippen LogP contribution in [0.15, 0.2) is 65.6 Å². The molecule has 100 valence electrons. The number of H-pyrrole nitrogens is 1. The predicted molar refractivity (Wildman–Crippen MR) is 80.4 cm³/mol. The van der Waals surface area contributed by atoms with Gasteiger partial charge in [0, 0.05) is 23.2 Å². The number of rotatable bonds is 0. The first-order chi connectivity index (χ1) is 10.2. The van der Waals surface area contributed by atoms with Crippen LogP contribution in [0, 0.1) is 22.7 Å². The van der Waals surface area contributed by atoms with Crippen molar-refractivity contribution in [3.8, 4) is 12.1 Å². The fourth-order valence-corrected chi connectivity index (χ4v) is 1.75. The van der Waals surface area contributed by atoms with Gasteiger partial charge in [-0.05, 0) is 30.3 Å². The van der Waals surface area contributed by atoms with Crippen LogP contribution in [0.5, 0.6) is 0 Å². The lowest BCUT2D eigenvalue weighted by atomic mass is 10.1. The summed E-state index contributed by atoms with van der Waals surface area (Å²) in [5.41, 5.74) is 1.91. The van der Waals surface area contributed by atoms with Crippen LogP contribution in [0.1, 0.15) is 11.1 Å². The summed E-state index contributed by atoms with van der Waals surface area (Å²) >= 11 is 0. The van der Waals surface area contributed by atoms with Crippen molar-refractivity contribution in [2.24, 2.45) is 0 Å². The zero-order chi connectivity index (χ0) is 15.1. The van der Waals surface area contributed by atoms with Crippen molar-refractivity contribution >= 4 is 10.9 Å². The first-order valence-electron chi connectivity index (χ1n) is 6.21. The molecule has 0 spiro atoms. The molecule has 0 atom stereocenters. The molecule has 0 bridgehead atoms. The molecule has 0 aliphatic heterocycles. The van der Waals surface area contributed by atoms with E-state index >= 15 is 0 Å². The van der Waals surface area contributed by atoms with Gasteiger partial charge in [0.1, 0.15) is 0 Å². The Labute approximate surface area is 121 Å². The standard InChI is InChI=1S/C10H6N2O.C7H5N/c11-6-7-1-2-9-8(5-7)10(13)3-4-12-9;8-6-7-4-2-1-3-5-7/h1-5H,(H,12,13);1-5H. The largest absolute Gasteiger partial charge is 0.361 e. The van der Waals surface area contributed by atoms with E-state index in [0.717, 1.165) is 5.52 Å². The van der Waals surface area contributed by atoms with Gasteiger partial charge >= 0.3 is 0 Å². The fraction of sp³-hybridized carbons (Fsp3) is 0. The second kappa shape index (κ2) is 6.70. The van der Waals surface area contributed by atoms with E-state index in [1.807, 2.05) is 30.3 Å². The zero-order valence-corrected chi connectivity index (χ0v) is 11.1. The van der Waals surface area contributed by atoms with Gasteiger partial charge in [0.25, 0.3) is 0 Å². The Bertz CT molecular complexity index is 884. The molecule has 2 aromatic carbocycles. The normalized spacial score (nSPS) is 9.05. The maximum atomic E-state index is 11.3. The van der Waals surface area contributed by atoms with Crippen LogP contribution in [-0.4, -0.2) is 4.98 Å². The number of nitriles is 2. The van der Waals surface area contributed by atoms with Crippen molar-refractivity contribution in [1.82, 2.24) is 4.98 Å². The van der Waals surface area contributed by atoms with Crippen LogP contribution >= 0.6 is 0 Å². The van der Waals surface area contributed by atoms with Gasteiger partial charge in [-0.1, -0.05) is 18.2 Å². The molecule has 3 rings (SSSR count). The van der Waals surface area contributed by atoms with E-state index in [0.29, 0.717) is 16.5 Å². The van der Waals surface area contributed by atoms with E-state index in [1.165, 1.54) is 6.07 Å². The maximum Gasteiger partial charge on any atom is 0.189 e. The summed E-state index contributed by atoms with van der Waals surface area (Å²) in [5, 5.41) is 17.5. The topological polar surface area (TPSA) is 80.4 Å². The molecule has 0 unspecified atom stereocenters. The number of hydrogen-bond donors (Lipinski definition) is 1. The molecule has 0 radical (unpaired) electrons. The molecule has 1 N–H and O–H groups in total. The highest BCUT2D eigenvalue weighted by Gasteiger charge is 1.98. The zero-order valence-electron chi connectivity index (χ0n) is 11.1. The quantitative estimate of drug-likeness (QED) is 0.683. The Kier molecular flexibility index (Phi) is 4.48. The van der Waals surface area contributed by atoms with Crippen molar-refractivity contribution in [2.45, 2.75) is 0 Å². The number of hydrogen-bond acceptors (Lipinski definition) is 3. The van der Waals surface area contributed by atoms with Gasteiger partial charge in [0.2, 0.25) is 0 Å². The Morgan fingerprint density at radius 3 is 2.19 bits per heavy atom. The average molecular weight is 273 g/mol. The molecule has 21 heavy (non-hydrogen) atoms. The highest BCUT2D eigenvalue weighted by atomic mass is 16.1. The van der Waals surface area contributed by atoms with Crippen LogP contribution in [-0.2, 0) is 0 Å². The summed E-state index contributed by atoms with van der Waals surface area (Å²) in [6, 6.07) is 19.6. The minimum Gasteiger partial charge on any atom is -0.361 e. The number of aromatic nitrogens is 1. The van der Waals surface area contributed by atoms with Gasteiger partial charge in [-0.25, -0.2) is 0 Å². The number of nitrogens with one attached hydrogen (secondary N) is 1. The molecular formula is C17H11N3O. The molecule has 4 heteroatoms. The molecule has 0 aliphatic rings. The van der Waals surface area contributed by atoms with E-state index in [4.69, 9.17) is 10.5 Å². The van der Waals surface area contributed by atoms with Crippen molar-refractivity contribution in [3.05, 3.63) is 82.1 Å². The molecule has 3 aromatic rings. The lowest BCUT2D eigenvalue weighted by Crippen LogP contribution is -1.99. The molecular weight excluding hydrogens is 262 g/mol. The van der Waals surface area contributed by atoms with Crippen molar-refractivity contribution in [1.29, 1.82) is 10.5 Å². The molecule has 4 nitrogen and oxygen atoms in total. The van der Waals surface area contributed by atoms with Crippen LogP contribution in [0.2, 0.25) is 0 Å². The van der Waals surface area contributed by atoms with Gasteiger partial charge in [-0.3, -0.25) is 4.79 Å². The lowest BCUT2D eigenvalue weighted by molar-refractivity contribution is 1.38. The van der Waals surface area contributed by atoms with Gasteiger partial charge in [-0.15, -0.1) is 0 Å². The highest BCUT2D eigenvalue weighted by Crippen LogP contribution is 2.08. The average Bonchev–Trinajstić information content (AvgIpc) is 2.56. The number of fused-ring (bicyclic) bond motifs is 1. The number of aromatic amines is 1. The lowest BCUT2D eigenvalue weighted by Gasteiger charge is -1.95. The summed E-state index contributed by atoms with van der Waals surface area (Å²) in [7, 11) is 0. The third kappa shape index (κ3) is 3.56. The summed E-state index contributed by atoms with van der Waals surface area (Å²) < 4.78 is 0. The highest BCUT2D eigenvalue weighted by molar-refractivity contribution is 5.79. The molecule has 0 saturated carbocycles. The summed E-state index contributed by atoms with van der Waals surface area (Å²) in [6.07, 6.45) is 1.59. The molecule has 1 aromatic heterocycles. The second-order valence-electron chi connectivity index (χ2n) is 4.19. The third-order valence-electron chi connectivity index (χ3n) is 2.79. The predicted octanol–water partition coefficient (Wildman–Crippen LogP) is 2.96. The van der Waals surface area contributed by atoms with E-state index in [-0.39, 0.29) is 5.43 Å². The van der Waals surface area contributed by atoms with E-state index in [1.54, 1.807) is 36.5 Å². The van der Waals surface area contributed by atoms with Gasteiger partial charge in [-0.2, -0.15) is 10.5 Å². The van der Waals surface area contributed by atoms with Gasteiger partial charge < -0.3 is 4.98 Å². The SMILES string of the molecule is N#Cc1ccc2[nH]ccc(=O)c2c1.N#Cc1ccccc1. The minimum absolute atomic E-state index is 0.0640. The van der Waals surface area contributed by atoms with Gasteiger partial charge in [0.05, 0.1) is 23.3 Å². The Morgan fingerprint density at radius 1 is 0.857 bits per heavy atom. The Balaban J connectivity index is 0.000000173. The first kappa shape index (κ1) is 14.0. The van der Waals surface area contributed by atoms with E-state index in [9.17, 15) is 4.79 Å². The molecule has 0 amide bonds. The van der Waals surface area contributed by atoms with Crippen molar-refractivity contribution in [3.63, 3.8) is 0 Å². The third-order valence-corrected chi connectivity index (χ3v) is 2.79. The van der Waals surface area contributed by atoms with E-state index < -0.39 is 0 Å². The molecule has 0 saturated heterocycles. The maximum absolute atomic E-state index is 11.3. The van der Waals surface area contributed by atoms with Crippen molar-refractivity contribution in [2.75, 3.05) is 0 Å². The molecule has 0 aliphatic carbocycles. The summed E-state index contributed by atoms with van der Waals surface area (Å²) in [5.74, 6) is 0. The number of pyridine rings is 1. The number of nitrogens with zero attached hydrogens (tertiary/aromatic N) is 2. The van der Waals surface area contributed by atoms with Crippen LogP contribution in [0.3, 0.4) is 0 Å². The number of benzene rings is 2. The Morgan fingerprint density at radius 2 is 1.57 bits per heavy atom. The van der Waals surface area contributed by atoms with E-state index in [2.05, 4.69) is 4.98 Å². The van der Waals surface area contributed by atoms with Crippen LogP contribution in [0.4, 0.5) is 0 Å².